The van der Waals surface area contributed by atoms with Gasteiger partial charge in [0.25, 0.3) is 0 Å². The lowest BCUT2D eigenvalue weighted by atomic mass is 10.2. The van der Waals surface area contributed by atoms with Crippen LogP contribution in [0.2, 0.25) is 0 Å². The maximum atomic E-state index is 7.62. The number of unbranched alkanes of at least 4 members (excludes halogenated alkanes) is 3. The van der Waals surface area contributed by atoms with Crippen LogP contribution in [-0.2, 0) is 0 Å². The van der Waals surface area contributed by atoms with Crippen LogP contribution in [-0.4, -0.2) is 30.0 Å². The van der Waals surface area contributed by atoms with Crippen molar-refractivity contribution in [2.45, 2.75) is 32.6 Å². The van der Waals surface area contributed by atoms with E-state index in [9.17, 15) is 0 Å². The molecule has 0 aromatic heterocycles. The highest BCUT2D eigenvalue weighted by Gasteiger charge is 1.82. The van der Waals surface area contributed by atoms with Crippen LogP contribution in [0.25, 0.3) is 0 Å². The highest BCUT2D eigenvalue weighted by Crippen LogP contribution is 1.95. The molecule has 0 saturated heterocycles. The summed E-state index contributed by atoms with van der Waals surface area (Å²) in [5, 5.41) is 15.2. The lowest BCUT2D eigenvalue weighted by Crippen LogP contribution is -2.22. The molecule has 0 heterocycles. The SMILES string of the molecule is CCCCCCNN.OCCO. The van der Waals surface area contributed by atoms with Crippen molar-refractivity contribution in [2.24, 2.45) is 5.84 Å². The van der Waals surface area contributed by atoms with Crippen LogP contribution in [0.1, 0.15) is 32.6 Å². The molecule has 12 heavy (non-hydrogen) atoms. The monoisotopic (exact) mass is 178 g/mol. The Bertz CT molecular complexity index is 55.0. The zero-order chi connectivity index (χ0) is 9.66. The van der Waals surface area contributed by atoms with Gasteiger partial charge in [-0.25, -0.2) is 0 Å². The van der Waals surface area contributed by atoms with E-state index in [-0.39, 0.29) is 13.2 Å². The zero-order valence-corrected chi connectivity index (χ0v) is 7.92. The highest BCUT2D eigenvalue weighted by molar-refractivity contribution is 4.40. The van der Waals surface area contributed by atoms with Gasteiger partial charge in [-0.1, -0.05) is 26.2 Å². The minimum absolute atomic E-state index is 0.125. The van der Waals surface area contributed by atoms with Crippen molar-refractivity contribution in [1.82, 2.24) is 5.43 Å². The van der Waals surface area contributed by atoms with E-state index < -0.39 is 0 Å². The molecular formula is C8H22N2O2. The molecule has 0 aliphatic heterocycles. The fourth-order valence-electron chi connectivity index (χ4n) is 0.654. The van der Waals surface area contributed by atoms with Gasteiger partial charge in [0, 0.05) is 6.54 Å². The Morgan fingerprint density at radius 1 is 1.08 bits per heavy atom. The second-order valence-corrected chi connectivity index (χ2v) is 2.46. The minimum atomic E-state index is -0.125. The smallest absolute Gasteiger partial charge is 0.0662 e. The Morgan fingerprint density at radius 2 is 1.67 bits per heavy atom. The highest BCUT2D eigenvalue weighted by atomic mass is 16.3. The second kappa shape index (κ2) is 17.1. The maximum Gasteiger partial charge on any atom is 0.0662 e. The van der Waals surface area contributed by atoms with E-state index in [2.05, 4.69) is 12.3 Å². The summed E-state index contributed by atoms with van der Waals surface area (Å²) < 4.78 is 0. The Kier molecular flexibility index (Phi) is 20.4. The van der Waals surface area contributed by atoms with Crippen molar-refractivity contribution < 1.29 is 10.2 Å². The van der Waals surface area contributed by atoms with Crippen molar-refractivity contribution in [3.05, 3.63) is 0 Å². The summed E-state index contributed by atoms with van der Waals surface area (Å²) in [6.07, 6.45) is 5.15. The van der Waals surface area contributed by atoms with Gasteiger partial charge in [-0.15, -0.1) is 0 Å². The van der Waals surface area contributed by atoms with E-state index in [1.807, 2.05) is 0 Å². The molecular weight excluding hydrogens is 156 g/mol. The Hall–Kier alpha value is -0.160. The van der Waals surface area contributed by atoms with Crippen LogP contribution in [0.5, 0.6) is 0 Å². The van der Waals surface area contributed by atoms with Gasteiger partial charge in [0.2, 0.25) is 0 Å². The first-order valence-corrected chi connectivity index (χ1v) is 4.48. The molecule has 0 aromatic carbocycles. The number of nitrogens with one attached hydrogen (secondary N) is 1. The van der Waals surface area contributed by atoms with Gasteiger partial charge in [0.1, 0.15) is 0 Å². The Morgan fingerprint density at radius 3 is 2.00 bits per heavy atom. The lowest BCUT2D eigenvalue weighted by molar-refractivity contribution is 0.186. The number of hydrazine groups is 1. The predicted octanol–water partition coefficient (Wildman–Crippen LogP) is 0.00100. The van der Waals surface area contributed by atoms with Crippen LogP contribution in [0.3, 0.4) is 0 Å². The van der Waals surface area contributed by atoms with Gasteiger partial charge >= 0.3 is 0 Å². The van der Waals surface area contributed by atoms with E-state index in [1.54, 1.807) is 0 Å². The fourth-order valence-corrected chi connectivity index (χ4v) is 0.654. The standard InChI is InChI=1S/C6H16N2.C2H6O2/c1-2-3-4-5-6-8-7;3-1-2-4/h8H,2-7H2,1H3;3-4H,1-2H2. The first kappa shape index (κ1) is 14.4. The number of nitrogens with two attached hydrogens (primary N) is 1. The number of aliphatic hydroxyl groups excluding tert-OH is 2. The molecule has 0 aliphatic carbocycles. The molecule has 0 unspecified atom stereocenters. The van der Waals surface area contributed by atoms with Crippen molar-refractivity contribution in [1.29, 1.82) is 0 Å². The third-order valence-corrected chi connectivity index (χ3v) is 1.27. The minimum Gasteiger partial charge on any atom is -0.394 e. The van der Waals surface area contributed by atoms with Crippen LogP contribution in [0.15, 0.2) is 0 Å². The largest absolute Gasteiger partial charge is 0.394 e. The third kappa shape index (κ3) is 22.5. The fraction of sp³-hybridized carbons (Fsp3) is 1.00. The second-order valence-electron chi connectivity index (χ2n) is 2.46. The number of rotatable bonds is 6. The van der Waals surface area contributed by atoms with Gasteiger partial charge in [0.05, 0.1) is 13.2 Å². The molecule has 0 fully saturated rings. The summed E-state index contributed by atoms with van der Waals surface area (Å²) in [5.74, 6) is 5.06. The van der Waals surface area contributed by atoms with Crippen LogP contribution >= 0.6 is 0 Å². The molecule has 0 bridgehead atoms. The predicted molar refractivity (Wildman–Crippen MR) is 50.5 cm³/mol. The van der Waals surface area contributed by atoms with E-state index in [1.165, 1.54) is 25.7 Å². The molecule has 0 aliphatic rings. The van der Waals surface area contributed by atoms with Gasteiger partial charge in [-0.3, -0.25) is 11.3 Å². The number of hydrogen-bond acceptors (Lipinski definition) is 4. The average Bonchev–Trinajstić information content (AvgIpc) is 2.13. The molecule has 0 rings (SSSR count). The molecule has 76 valence electrons. The first-order valence-electron chi connectivity index (χ1n) is 4.48. The van der Waals surface area contributed by atoms with Crippen molar-refractivity contribution >= 4 is 0 Å². The summed E-state index contributed by atoms with van der Waals surface area (Å²) in [7, 11) is 0. The van der Waals surface area contributed by atoms with Gasteiger partial charge in [-0.05, 0) is 6.42 Å². The van der Waals surface area contributed by atoms with Crippen LogP contribution in [0, 0.1) is 0 Å². The van der Waals surface area contributed by atoms with E-state index in [0.29, 0.717) is 0 Å². The van der Waals surface area contributed by atoms with Crippen molar-refractivity contribution in [2.75, 3.05) is 19.8 Å². The maximum absolute atomic E-state index is 7.62. The van der Waals surface area contributed by atoms with E-state index in [4.69, 9.17) is 16.1 Å². The molecule has 4 nitrogen and oxygen atoms in total. The molecule has 0 radical (unpaired) electrons. The van der Waals surface area contributed by atoms with Crippen LogP contribution in [0.4, 0.5) is 0 Å². The van der Waals surface area contributed by atoms with E-state index in [0.717, 1.165) is 6.54 Å². The van der Waals surface area contributed by atoms with Crippen molar-refractivity contribution in [3.63, 3.8) is 0 Å². The van der Waals surface area contributed by atoms with E-state index >= 15 is 0 Å². The summed E-state index contributed by atoms with van der Waals surface area (Å²) in [5.41, 5.74) is 2.63. The topological polar surface area (TPSA) is 78.5 Å². The molecule has 0 aromatic rings. The molecule has 4 heteroatoms. The zero-order valence-electron chi connectivity index (χ0n) is 7.92. The lowest BCUT2D eigenvalue weighted by Gasteiger charge is -1.95. The number of hydrogen-bond donors (Lipinski definition) is 4. The molecule has 0 saturated carbocycles. The Balaban J connectivity index is 0. The first-order chi connectivity index (χ1) is 5.83. The summed E-state index contributed by atoms with van der Waals surface area (Å²) in [6, 6.07) is 0. The van der Waals surface area contributed by atoms with Crippen LogP contribution < -0.4 is 11.3 Å². The normalized spacial score (nSPS) is 9.00. The number of aliphatic hydroxyl groups is 2. The Labute approximate surface area is 74.7 Å². The van der Waals surface area contributed by atoms with Gasteiger partial charge in [0.15, 0.2) is 0 Å². The summed E-state index contributed by atoms with van der Waals surface area (Å²) >= 11 is 0. The summed E-state index contributed by atoms with van der Waals surface area (Å²) in [4.78, 5) is 0. The molecule has 0 spiro atoms. The average molecular weight is 178 g/mol. The van der Waals surface area contributed by atoms with Crippen molar-refractivity contribution in [3.8, 4) is 0 Å². The third-order valence-electron chi connectivity index (χ3n) is 1.27. The quantitative estimate of drug-likeness (QED) is 0.262. The van der Waals surface area contributed by atoms with Gasteiger partial charge < -0.3 is 10.2 Å². The molecule has 0 amide bonds. The molecule has 5 N–H and O–H groups in total. The molecule has 0 atom stereocenters. The summed E-state index contributed by atoms with van der Waals surface area (Å²) in [6.45, 7) is 2.91. The van der Waals surface area contributed by atoms with Gasteiger partial charge in [-0.2, -0.15) is 0 Å².